The summed E-state index contributed by atoms with van der Waals surface area (Å²) >= 11 is 0. The van der Waals surface area contributed by atoms with Crippen molar-refractivity contribution in [3.63, 3.8) is 0 Å². The van der Waals surface area contributed by atoms with Gasteiger partial charge in [-0.3, -0.25) is 4.79 Å². The summed E-state index contributed by atoms with van der Waals surface area (Å²) in [7, 11) is -2.33. The van der Waals surface area contributed by atoms with Crippen LogP contribution in [0, 0.1) is 0 Å². The molecule has 0 amide bonds. The molecule has 0 aromatic heterocycles. The highest BCUT2D eigenvalue weighted by Crippen LogP contribution is 2.39. The van der Waals surface area contributed by atoms with Gasteiger partial charge in [0.15, 0.2) is 7.80 Å². The van der Waals surface area contributed by atoms with Crippen LogP contribution in [0.3, 0.4) is 0 Å². The van der Waals surface area contributed by atoms with E-state index in [1.807, 2.05) is 66.7 Å². The lowest BCUT2D eigenvalue weighted by molar-refractivity contribution is 0.108. The summed E-state index contributed by atoms with van der Waals surface area (Å²) in [6, 6.07) is 26.8. The lowest BCUT2D eigenvalue weighted by Gasteiger charge is -2.17. The average Bonchev–Trinajstić information content (AvgIpc) is 2.62. The van der Waals surface area contributed by atoms with Crippen molar-refractivity contribution in [2.24, 2.45) is 0 Å². The van der Waals surface area contributed by atoms with Crippen LogP contribution in [0.4, 0.5) is 0 Å². The molecule has 108 valence electrons. The fraction of sp³-hybridized carbons (Fsp3) is 0. The van der Waals surface area contributed by atoms with Gasteiger partial charge >= 0.3 is 0 Å². The number of hydrogen-bond donors (Lipinski definition) is 0. The van der Waals surface area contributed by atoms with Crippen molar-refractivity contribution >= 4 is 18.6 Å². The first-order valence-corrected chi connectivity index (χ1v) is 8.47. The highest BCUT2D eigenvalue weighted by atomic mass is 31.1. The van der Waals surface area contributed by atoms with Gasteiger partial charge in [0.25, 0.3) is 0 Å². The third kappa shape index (κ3) is 2.79. The molecular weight excluding hydrogens is 291 g/mol. The van der Waals surface area contributed by atoms with Crippen molar-refractivity contribution in [2.75, 3.05) is 0 Å². The minimum Gasteiger partial charge on any atom is -0.313 e. The van der Waals surface area contributed by atoms with Gasteiger partial charge in [-0.05, 0) is 11.1 Å². The third-order valence-electron chi connectivity index (χ3n) is 3.51. The van der Waals surface area contributed by atoms with E-state index in [-0.39, 0.29) is 5.52 Å². The van der Waals surface area contributed by atoms with Gasteiger partial charge in [-0.1, -0.05) is 84.9 Å². The molecule has 0 radical (unpaired) electrons. The normalized spacial score (nSPS) is 15.1. The lowest BCUT2D eigenvalue weighted by atomic mass is 10.00. The van der Waals surface area contributed by atoms with Crippen LogP contribution in [0.2, 0.25) is 0 Å². The number of hydrogen-bond acceptors (Lipinski definition) is 2. The number of carbonyl (C=O) groups excluding carboxylic acids is 1. The van der Waals surface area contributed by atoms with Gasteiger partial charge in [0.1, 0.15) is 0 Å². The molecule has 0 saturated heterocycles. The Morgan fingerprint density at radius 1 is 0.545 bits per heavy atom. The molecule has 4 rings (SSSR count). The Balaban J connectivity index is 0.000000202. The van der Waals surface area contributed by atoms with E-state index in [4.69, 9.17) is 0 Å². The summed E-state index contributed by atoms with van der Waals surface area (Å²) in [6.07, 6.45) is 0. The summed E-state index contributed by atoms with van der Waals surface area (Å²) in [5.74, 6) is 0. The van der Waals surface area contributed by atoms with E-state index in [0.29, 0.717) is 10.9 Å². The van der Waals surface area contributed by atoms with E-state index in [0.717, 1.165) is 11.1 Å². The molecular formula is C19H15O2P. The molecule has 1 unspecified atom stereocenters. The zero-order valence-electron chi connectivity index (χ0n) is 11.9. The van der Waals surface area contributed by atoms with Gasteiger partial charge in [0.05, 0.1) is 0 Å². The zero-order valence-corrected chi connectivity index (χ0v) is 12.9. The van der Waals surface area contributed by atoms with Crippen LogP contribution in [0.1, 0.15) is 10.4 Å². The molecule has 3 heteroatoms. The van der Waals surface area contributed by atoms with Crippen molar-refractivity contribution in [2.45, 2.75) is 0 Å². The fourth-order valence-electron chi connectivity index (χ4n) is 2.46. The predicted molar refractivity (Wildman–Crippen MR) is 91.3 cm³/mol. The van der Waals surface area contributed by atoms with Crippen LogP contribution in [0.5, 0.6) is 0 Å². The van der Waals surface area contributed by atoms with E-state index in [1.165, 1.54) is 0 Å². The van der Waals surface area contributed by atoms with Crippen LogP contribution >= 0.6 is 7.80 Å². The highest BCUT2D eigenvalue weighted by molar-refractivity contribution is 7.72. The summed E-state index contributed by atoms with van der Waals surface area (Å²) in [4.78, 5) is 11.9. The van der Waals surface area contributed by atoms with Gasteiger partial charge in [-0.15, -0.1) is 0 Å². The standard InChI is InChI=1S/C13H9O2P.C6H6/c14-13-11-7-2-1-5-9(11)10-6-3-4-8-12(10)16(13)15;1-2-4-6-5-3-1/h1-8,16H;1-6H. The van der Waals surface area contributed by atoms with E-state index in [2.05, 4.69) is 0 Å². The Morgan fingerprint density at radius 2 is 1.00 bits per heavy atom. The van der Waals surface area contributed by atoms with Gasteiger partial charge < -0.3 is 4.57 Å². The summed E-state index contributed by atoms with van der Waals surface area (Å²) in [6.45, 7) is 0. The minimum atomic E-state index is -2.33. The largest absolute Gasteiger partial charge is 0.313 e. The number of benzene rings is 3. The van der Waals surface area contributed by atoms with Crippen LogP contribution in [-0.2, 0) is 4.57 Å². The van der Waals surface area contributed by atoms with Crippen molar-refractivity contribution in [1.29, 1.82) is 0 Å². The van der Waals surface area contributed by atoms with Crippen molar-refractivity contribution in [3.05, 3.63) is 90.5 Å². The first-order valence-electron chi connectivity index (χ1n) is 7.06. The molecule has 0 aliphatic carbocycles. The van der Waals surface area contributed by atoms with Crippen molar-refractivity contribution < 1.29 is 9.36 Å². The molecule has 3 aromatic carbocycles. The van der Waals surface area contributed by atoms with Gasteiger partial charge in [-0.25, -0.2) is 0 Å². The Morgan fingerprint density at radius 3 is 1.59 bits per heavy atom. The van der Waals surface area contributed by atoms with E-state index in [1.54, 1.807) is 18.2 Å². The van der Waals surface area contributed by atoms with E-state index in [9.17, 15) is 9.36 Å². The molecule has 0 spiro atoms. The summed E-state index contributed by atoms with van der Waals surface area (Å²) in [5, 5.41) is 0.691. The molecule has 1 aliphatic rings. The molecule has 1 atom stereocenters. The van der Waals surface area contributed by atoms with Crippen LogP contribution in [-0.4, -0.2) is 5.52 Å². The maximum atomic E-state index is 12.0. The van der Waals surface area contributed by atoms with Crippen molar-refractivity contribution in [3.8, 4) is 11.1 Å². The monoisotopic (exact) mass is 306 g/mol. The maximum Gasteiger partial charge on any atom is 0.223 e. The second kappa shape index (κ2) is 6.55. The quantitative estimate of drug-likeness (QED) is 0.578. The Hall–Kier alpha value is -2.44. The van der Waals surface area contributed by atoms with Crippen LogP contribution in [0.15, 0.2) is 84.9 Å². The lowest BCUT2D eigenvalue weighted by Crippen LogP contribution is -2.14. The molecule has 1 heterocycles. The Labute approximate surface area is 130 Å². The minimum absolute atomic E-state index is 0.223. The molecule has 0 N–H and O–H groups in total. The molecule has 0 saturated carbocycles. The average molecular weight is 306 g/mol. The number of fused-ring (bicyclic) bond motifs is 3. The summed E-state index contributed by atoms with van der Waals surface area (Å²) in [5.41, 5.74) is 2.19. The van der Waals surface area contributed by atoms with Gasteiger partial charge in [0.2, 0.25) is 5.52 Å². The third-order valence-corrected chi connectivity index (χ3v) is 5.11. The highest BCUT2D eigenvalue weighted by Gasteiger charge is 2.27. The Kier molecular flexibility index (Phi) is 4.32. The van der Waals surface area contributed by atoms with Crippen molar-refractivity contribution in [1.82, 2.24) is 0 Å². The van der Waals surface area contributed by atoms with Crippen LogP contribution in [0.25, 0.3) is 11.1 Å². The number of rotatable bonds is 0. The first kappa shape index (κ1) is 14.5. The Bertz CT molecular complexity index is 743. The SMILES string of the molecule is O=C1c2ccccc2-c2ccccc2[PH]1=O.c1ccccc1. The van der Waals surface area contributed by atoms with E-state index < -0.39 is 7.80 Å². The predicted octanol–water partition coefficient (Wildman–Crippen LogP) is 4.38. The van der Waals surface area contributed by atoms with Gasteiger partial charge in [0, 0.05) is 10.9 Å². The van der Waals surface area contributed by atoms with Gasteiger partial charge in [-0.2, -0.15) is 0 Å². The first-order chi connectivity index (χ1) is 10.8. The molecule has 1 aliphatic heterocycles. The fourth-order valence-corrected chi connectivity index (χ4v) is 3.88. The molecule has 0 fully saturated rings. The molecule has 22 heavy (non-hydrogen) atoms. The number of carbonyl (C=O) groups is 1. The second-order valence-corrected chi connectivity index (χ2v) is 6.56. The van der Waals surface area contributed by atoms with E-state index >= 15 is 0 Å². The maximum absolute atomic E-state index is 12.0. The topological polar surface area (TPSA) is 34.1 Å². The zero-order chi connectivity index (χ0) is 15.4. The van der Waals surface area contributed by atoms with Crippen LogP contribution < -0.4 is 5.30 Å². The second-order valence-electron chi connectivity index (χ2n) is 4.90. The molecule has 2 nitrogen and oxygen atoms in total. The molecule has 3 aromatic rings. The summed E-state index contributed by atoms with van der Waals surface area (Å²) < 4.78 is 12.0. The molecule has 0 bridgehead atoms. The smallest absolute Gasteiger partial charge is 0.223 e.